The fraction of sp³-hybridized carbons (Fsp3) is 0.941. The number of hydrogen-bond acceptors (Lipinski definition) is 2. The molecule has 2 fully saturated rings. The van der Waals surface area contributed by atoms with E-state index < -0.39 is 0 Å². The standard InChI is InChI=1S/C17H32N2O/c1-17(10-3-2-4-11-17)13-19-16(20)9-8-14-6-5-7-15(18)12-14/h14-15H,2-13,18H2,1H3,(H,19,20). The van der Waals surface area contributed by atoms with Crippen molar-refractivity contribution in [3.8, 4) is 0 Å². The Morgan fingerprint density at radius 3 is 2.65 bits per heavy atom. The Balaban J connectivity index is 1.62. The summed E-state index contributed by atoms with van der Waals surface area (Å²) in [6, 6.07) is 0.373. The molecule has 0 aromatic heterocycles. The number of rotatable bonds is 5. The lowest BCUT2D eigenvalue weighted by Crippen LogP contribution is -2.37. The van der Waals surface area contributed by atoms with E-state index in [-0.39, 0.29) is 5.91 Å². The van der Waals surface area contributed by atoms with Gasteiger partial charge in [-0.25, -0.2) is 0 Å². The van der Waals surface area contributed by atoms with Crippen molar-refractivity contribution >= 4 is 5.91 Å². The van der Waals surface area contributed by atoms with Gasteiger partial charge in [0.15, 0.2) is 0 Å². The second-order valence-electron chi connectivity index (χ2n) is 7.48. The average Bonchev–Trinajstić information content (AvgIpc) is 2.44. The summed E-state index contributed by atoms with van der Waals surface area (Å²) in [5.41, 5.74) is 6.35. The quantitative estimate of drug-likeness (QED) is 0.811. The lowest BCUT2D eigenvalue weighted by atomic mass is 9.75. The number of hydrogen-bond donors (Lipinski definition) is 2. The van der Waals surface area contributed by atoms with Crippen LogP contribution in [0, 0.1) is 11.3 Å². The Morgan fingerprint density at radius 1 is 1.20 bits per heavy atom. The maximum absolute atomic E-state index is 12.0. The molecule has 3 nitrogen and oxygen atoms in total. The summed E-state index contributed by atoms with van der Waals surface area (Å²) < 4.78 is 0. The topological polar surface area (TPSA) is 55.1 Å². The van der Waals surface area contributed by atoms with Crippen molar-refractivity contribution < 1.29 is 4.79 Å². The SMILES string of the molecule is CC1(CNC(=O)CCC2CCCC(N)C2)CCCCC1. The van der Waals surface area contributed by atoms with Crippen LogP contribution >= 0.6 is 0 Å². The molecular formula is C17H32N2O. The Bertz CT molecular complexity index is 310. The van der Waals surface area contributed by atoms with Crippen LogP contribution in [0.4, 0.5) is 0 Å². The van der Waals surface area contributed by atoms with Gasteiger partial charge in [0.25, 0.3) is 0 Å². The Kier molecular flexibility index (Phi) is 5.88. The third-order valence-corrected chi connectivity index (χ3v) is 5.38. The number of amides is 1. The van der Waals surface area contributed by atoms with Gasteiger partial charge >= 0.3 is 0 Å². The maximum atomic E-state index is 12.0. The molecule has 0 spiro atoms. The first kappa shape index (κ1) is 15.8. The van der Waals surface area contributed by atoms with E-state index in [2.05, 4.69) is 12.2 Å². The first-order valence-corrected chi connectivity index (χ1v) is 8.60. The number of nitrogens with one attached hydrogen (secondary N) is 1. The summed E-state index contributed by atoms with van der Waals surface area (Å²) in [6.07, 6.45) is 13.1. The molecule has 0 radical (unpaired) electrons. The van der Waals surface area contributed by atoms with Gasteiger partial charge in [0.1, 0.15) is 0 Å². The van der Waals surface area contributed by atoms with Crippen molar-refractivity contribution in [2.24, 2.45) is 17.1 Å². The van der Waals surface area contributed by atoms with Crippen LogP contribution in [0.5, 0.6) is 0 Å². The lowest BCUT2D eigenvalue weighted by Gasteiger charge is -2.33. The Labute approximate surface area is 124 Å². The van der Waals surface area contributed by atoms with Gasteiger partial charge in [-0.2, -0.15) is 0 Å². The van der Waals surface area contributed by atoms with Crippen molar-refractivity contribution in [3.05, 3.63) is 0 Å². The van der Waals surface area contributed by atoms with Crippen LogP contribution in [0.2, 0.25) is 0 Å². The van der Waals surface area contributed by atoms with E-state index in [4.69, 9.17) is 5.73 Å². The van der Waals surface area contributed by atoms with Crippen LogP contribution in [-0.2, 0) is 4.79 Å². The molecule has 2 saturated carbocycles. The fourth-order valence-electron chi connectivity index (χ4n) is 3.91. The van der Waals surface area contributed by atoms with Crippen LogP contribution < -0.4 is 11.1 Å². The van der Waals surface area contributed by atoms with Crippen molar-refractivity contribution in [2.75, 3.05) is 6.54 Å². The minimum Gasteiger partial charge on any atom is -0.356 e. The van der Waals surface area contributed by atoms with Crippen LogP contribution in [0.25, 0.3) is 0 Å². The van der Waals surface area contributed by atoms with Crippen LogP contribution in [0.3, 0.4) is 0 Å². The molecule has 0 saturated heterocycles. The number of carbonyl (C=O) groups is 1. The minimum atomic E-state index is 0.246. The summed E-state index contributed by atoms with van der Waals surface area (Å²) in [7, 11) is 0. The highest BCUT2D eigenvalue weighted by atomic mass is 16.1. The highest BCUT2D eigenvalue weighted by Crippen LogP contribution is 2.35. The van der Waals surface area contributed by atoms with Crippen molar-refractivity contribution in [2.45, 2.75) is 83.6 Å². The van der Waals surface area contributed by atoms with Crippen molar-refractivity contribution in [1.82, 2.24) is 5.32 Å². The number of carbonyl (C=O) groups excluding carboxylic acids is 1. The molecule has 3 heteroatoms. The lowest BCUT2D eigenvalue weighted by molar-refractivity contribution is -0.122. The third-order valence-electron chi connectivity index (χ3n) is 5.38. The van der Waals surface area contributed by atoms with Gasteiger partial charge in [-0.1, -0.05) is 39.0 Å². The summed E-state index contributed by atoms with van der Waals surface area (Å²) in [6.45, 7) is 3.20. The zero-order chi connectivity index (χ0) is 14.4. The van der Waals surface area contributed by atoms with E-state index in [1.807, 2.05) is 0 Å². The molecule has 0 aromatic carbocycles. The highest BCUT2D eigenvalue weighted by molar-refractivity contribution is 5.75. The fourth-order valence-corrected chi connectivity index (χ4v) is 3.91. The molecule has 0 heterocycles. The number of nitrogens with two attached hydrogens (primary N) is 1. The zero-order valence-corrected chi connectivity index (χ0v) is 13.1. The highest BCUT2D eigenvalue weighted by Gasteiger charge is 2.27. The molecule has 0 bridgehead atoms. The van der Waals surface area contributed by atoms with E-state index in [1.54, 1.807) is 0 Å². The monoisotopic (exact) mass is 280 g/mol. The maximum Gasteiger partial charge on any atom is 0.220 e. The third kappa shape index (κ3) is 5.08. The van der Waals surface area contributed by atoms with E-state index in [0.29, 0.717) is 23.8 Å². The molecule has 2 atom stereocenters. The molecular weight excluding hydrogens is 248 g/mol. The van der Waals surface area contributed by atoms with Gasteiger partial charge in [0.05, 0.1) is 0 Å². The molecule has 0 aromatic rings. The van der Waals surface area contributed by atoms with Gasteiger partial charge in [0.2, 0.25) is 5.91 Å². The van der Waals surface area contributed by atoms with Crippen LogP contribution in [0.1, 0.15) is 77.6 Å². The second-order valence-corrected chi connectivity index (χ2v) is 7.48. The Morgan fingerprint density at radius 2 is 1.95 bits per heavy atom. The summed E-state index contributed by atoms with van der Waals surface area (Å²) in [5.74, 6) is 0.922. The van der Waals surface area contributed by atoms with Crippen molar-refractivity contribution in [1.29, 1.82) is 0 Å². The first-order valence-electron chi connectivity index (χ1n) is 8.60. The van der Waals surface area contributed by atoms with E-state index >= 15 is 0 Å². The smallest absolute Gasteiger partial charge is 0.220 e. The molecule has 3 N–H and O–H groups in total. The summed E-state index contributed by atoms with van der Waals surface area (Å²) in [4.78, 5) is 12.0. The molecule has 1 amide bonds. The first-order chi connectivity index (χ1) is 9.57. The molecule has 20 heavy (non-hydrogen) atoms. The minimum absolute atomic E-state index is 0.246. The normalized spacial score (nSPS) is 29.9. The Hall–Kier alpha value is -0.570. The van der Waals surface area contributed by atoms with Gasteiger partial charge in [-0.05, 0) is 43.4 Å². The predicted molar refractivity (Wildman–Crippen MR) is 83.4 cm³/mol. The molecule has 2 rings (SSSR count). The molecule has 0 aliphatic heterocycles. The summed E-state index contributed by atoms with van der Waals surface area (Å²) >= 11 is 0. The zero-order valence-electron chi connectivity index (χ0n) is 13.1. The average molecular weight is 280 g/mol. The van der Waals surface area contributed by atoms with Crippen molar-refractivity contribution in [3.63, 3.8) is 0 Å². The van der Waals surface area contributed by atoms with Gasteiger partial charge in [-0.15, -0.1) is 0 Å². The largest absolute Gasteiger partial charge is 0.356 e. The van der Waals surface area contributed by atoms with Crippen LogP contribution in [-0.4, -0.2) is 18.5 Å². The van der Waals surface area contributed by atoms with Gasteiger partial charge in [0, 0.05) is 19.0 Å². The van der Waals surface area contributed by atoms with Gasteiger partial charge in [-0.3, -0.25) is 4.79 Å². The predicted octanol–water partition coefficient (Wildman–Crippen LogP) is 3.37. The van der Waals surface area contributed by atoms with Crippen LogP contribution in [0.15, 0.2) is 0 Å². The summed E-state index contributed by atoms with van der Waals surface area (Å²) in [5, 5.41) is 3.17. The van der Waals surface area contributed by atoms with E-state index in [1.165, 1.54) is 51.4 Å². The van der Waals surface area contributed by atoms with E-state index in [9.17, 15) is 4.79 Å². The molecule has 116 valence electrons. The van der Waals surface area contributed by atoms with E-state index in [0.717, 1.165) is 19.4 Å². The molecule has 2 aliphatic rings. The molecule has 2 aliphatic carbocycles. The second kappa shape index (κ2) is 7.44. The van der Waals surface area contributed by atoms with Gasteiger partial charge < -0.3 is 11.1 Å². The molecule has 2 unspecified atom stereocenters.